The van der Waals surface area contributed by atoms with Crippen LogP contribution < -0.4 is 0 Å². The van der Waals surface area contributed by atoms with Crippen molar-refractivity contribution in [3.05, 3.63) is 24.8 Å². The zero-order valence-electron chi connectivity index (χ0n) is 13.8. The van der Waals surface area contributed by atoms with Crippen LogP contribution in [0.3, 0.4) is 0 Å². The van der Waals surface area contributed by atoms with Gasteiger partial charge < -0.3 is 9.47 Å². The summed E-state index contributed by atoms with van der Waals surface area (Å²) in [7, 11) is 6.20. The fourth-order valence-corrected chi connectivity index (χ4v) is 2.72. The molecule has 0 radical (unpaired) electrons. The van der Waals surface area contributed by atoms with Crippen molar-refractivity contribution >= 4 is 47.2 Å². The number of aliphatic imine (C=N–C) groups is 2. The van der Waals surface area contributed by atoms with E-state index >= 15 is 0 Å². The summed E-state index contributed by atoms with van der Waals surface area (Å²) in [6, 6.07) is 0. The predicted molar refractivity (Wildman–Crippen MR) is 101 cm³/mol. The maximum Gasteiger partial charge on any atom is 0.413 e. The van der Waals surface area contributed by atoms with Crippen LogP contribution >= 0.6 is 21.6 Å². The fourth-order valence-electron chi connectivity index (χ4n) is 1.06. The lowest BCUT2D eigenvalue weighted by Crippen LogP contribution is -2.23. The molecule has 0 aromatic carbocycles. The zero-order chi connectivity index (χ0) is 18.2. The molecule has 0 spiro atoms. The minimum absolute atomic E-state index is 0.290. The van der Waals surface area contributed by atoms with Gasteiger partial charge in [0.05, 0.1) is 0 Å². The van der Waals surface area contributed by atoms with E-state index in [0.29, 0.717) is 11.5 Å². The van der Waals surface area contributed by atoms with Crippen molar-refractivity contribution < 1.29 is 19.1 Å². The van der Waals surface area contributed by atoms with E-state index in [1.54, 1.807) is 14.1 Å². The number of carbonyl (C=O) groups is 2. The Bertz CT molecular complexity index is 430. The lowest BCUT2D eigenvalue weighted by Gasteiger charge is -2.12. The summed E-state index contributed by atoms with van der Waals surface area (Å²) < 4.78 is 10.1. The quantitative estimate of drug-likeness (QED) is 0.314. The molecule has 8 nitrogen and oxygen atoms in total. The van der Waals surface area contributed by atoms with E-state index in [4.69, 9.17) is 9.47 Å². The predicted octanol–water partition coefficient (Wildman–Crippen LogP) is 2.85. The third kappa shape index (κ3) is 11.6. The molecule has 0 unspecified atom stereocenters. The molecular formula is C14H22N4O4S2. The molecule has 0 saturated heterocycles. The van der Waals surface area contributed by atoms with Gasteiger partial charge in [0.15, 0.2) is 0 Å². The Balaban J connectivity index is 3.61. The molecule has 0 aliphatic carbocycles. The van der Waals surface area contributed by atoms with Gasteiger partial charge in [0.25, 0.3) is 0 Å². The van der Waals surface area contributed by atoms with Crippen molar-refractivity contribution in [3.63, 3.8) is 0 Å². The zero-order valence-corrected chi connectivity index (χ0v) is 15.4. The molecule has 0 aromatic heterocycles. The van der Waals surface area contributed by atoms with E-state index in [0.717, 1.165) is 0 Å². The summed E-state index contributed by atoms with van der Waals surface area (Å²) in [5.74, 6) is 1.27. The van der Waals surface area contributed by atoms with Crippen LogP contribution in [0.25, 0.3) is 0 Å². The minimum Gasteiger partial charge on any atom is -0.448 e. The summed E-state index contributed by atoms with van der Waals surface area (Å²) in [4.78, 5) is 32.5. The van der Waals surface area contributed by atoms with Crippen LogP contribution in [0.15, 0.2) is 34.8 Å². The second kappa shape index (κ2) is 14.6. The van der Waals surface area contributed by atoms with Crippen molar-refractivity contribution in [2.24, 2.45) is 9.98 Å². The number of nitrogens with zero attached hydrogens (tertiary/aromatic N) is 4. The smallest absolute Gasteiger partial charge is 0.413 e. The first-order chi connectivity index (χ1) is 11.5. The van der Waals surface area contributed by atoms with Crippen molar-refractivity contribution in [3.8, 4) is 0 Å². The molecule has 24 heavy (non-hydrogen) atoms. The van der Waals surface area contributed by atoms with Crippen molar-refractivity contribution in [2.45, 2.75) is 0 Å². The summed E-state index contributed by atoms with van der Waals surface area (Å²) in [6.45, 7) is 7.12. The van der Waals surface area contributed by atoms with Crippen LogP contribution in [0, 0.1) is 0 Å². The van der Waals surface area contributed by atoms with Crippen molar-refractivity contribution in [1.82, 2.24) is 9.80 Å². The van der Waals surface area contributed by atoms with E-state index < -0.39 is 12.2 Å². The van der Waals surface area contributed by atoms with E-state index in [1.165, 1.54) is 56.2 Å². The standard InChI is InChI=1S/C14H22N4O4S2/c1-15-5-7-17(3)13(19)21-9-11-23-24-12-10-22-14(20)18(4)8-6-16-2/h5-8H,1-2,9-12H2,3-4H3/b7-5-,8-6-. The number of hydrogen-bond donors (Lipinski definition) is 0. The SMILES string of the molecule is C=N/C=C\N(C)C(=O)OCCSSCCOC(=O)N(C)/C=C\N=C. The number of hydrogen-bond acceptors (Lipinski definition) is 8. The highest BCUT2D eigenvalue weighted by Gasteiger charge is 2.07. The maximum absolute atomic E-state index is 11.5. The molecule has 0 aromatic rings. The molecule has 134 valence electrons. The summed E-state index contributed by atoms with van der Waals surface area (Å²) in [6.07, 6.45) is 4.80. The van der Waals surface area contributed by atoms with Gasteiger partial charge in [0.1, 0.15) is 13.2 Å². The Morgan fingerprint density at radius 2 is 1.29 bits per heavy atom. The van der Waals surface area contributed by atoms with Gasteiger partial charge in [-0.3, -0.25) is 19.8 Å². The molecule has 0 N–H and O–H groups in total. The number of rotatable bonds is 11. The molecule has 0 atom stereocenters. The van der Waals surface area contributed by atoms with E-state index in [-0.39, 0.29) is 13.2 Å². The Hall–Kier alpha value is -1.94. The van der Waals surface area contributed by atoms with Gasteiger partial charge in [-0.1, -0.05) is 21.6 Å². The highest BCUT2D eigenvalue weighted by atomic mass is 33.1. The third-order valence-corrected chi connectivity index (χ3v) is 4.57. The first-order valence-electron chi connectivity index (χ1n) is 6.81. The minimum atomic E-state index is -0.459. The van der Waals surface area contributed by atoms with E-state index in [1.807, 2.05) is 0 Å². The number of ether oxygens (including phenoxy) is 2. The first kappa shape index (κ1) is 22.1. The van der Waals surface area contributed by atoms with Crippen LogP contribution in [0.4, 0.5) is 9.59 Å². The van der Waals surface area contributed by atoms with Crippen LogP contribution in [0.2, 0.25) is 0 Å². The largest absolute Gasteiger partial charge is 0.448 e. The van der Waals surface area contributed by atoms with Crippen LogP contribution in [-0.2, 0) is 9.47 Å². The molecule has 0 heterocycles. The second-order valence-corrected chi connectivity index (χ2v) is 6.76. The van der Waals surface area contributed by atoms with Gasteiger partial charge in [-0.15, -0.1) is 0 Å². The molecule has 2 amide bonds. The van der Waals surface area contributed by atoms with Gasteiger partial charge in [0, 0.05) is 50.4 Å². The Labute approximate surface area is 150 Å². The van der Waals surface area contributed by atoms with Crippen LogP contribution in [0.5, 0.6) is 0 Å². The Kier molecular flexibility index (Phi) is 13.5. The molecule has 0 rings (SSSR count). The topological polar surface area (TPSA) is 83.8 Å². The highest BCUT2D eigenvalue weighted by molar-refractivity contribution is 8.76. The molecule has 0 aliphatic rings. The Morgan fingerprint density at radius 3 is 1.62 bits per heavy atom. The third-order valence-electron chi connectivity index (χ3n) is 2.24. The molecule has 0 fully saturated rings. The molecular weight excluding hydrogens is 352 g/mol. The van der Waals surface area contributed by atoms with Gasteiger partial charge in [-0.05, 0) is 13.4 Å². The van der Waals surface area contributed by atoms with Crippen molar-refractivity contribution in [1.29, 1.82) is 0 Å². The summed E-state index contributed by atoms with van der Waals surface area (Å²) >= 11 is 0. The summed E-state index contributed by atoms with van der Waals surface area (Å²) in [5.41, 5.74) is 0. The normalized spacial score (nSPS) is 10.6. The highest BCUT2D eigenvalue weighted by Crippen LogP contribution is 2.20. The monoisotopic (exact) mass is 374 g/mol. The van der Waals surface area contributed by atoms with E-state index in [9.17, 15) is 9.59 Å². The van der Waals surface area contributed by atoms with Gasteiger partial charge >= 0.3 is 12.2 Å². The van der Waals surface area contributed by atoms with Gasteiger partial charge in [-0.2, -0.15) is 0 Å². The summed E-state index contributed by atoms with van der Waals surface area (Å²) in [5, 5.41) is 0. The van der Waals surface area contributed by atoms with Crippen LogP contribution in [0.1, 0.15) is 0 Å². The van der Waals surface area contributed by atoms with Gasteiger partial charge in [-0.25, -0.2) is 9.59 Å². The molecule has 0 bridgehead atoms. The maximum atomic E-state index is 11.5. The molecule has 0 aliphatic heterocycles. The molecule has 10 heteroatoms. The number of carbonyl (C=O) groups excluding carboxylic acids is 2. The first-order valence-corrected chi connectivity index (χ1v) is 9.30. The fraction of sp³-hybridized carbons (Fsp3) is 0.429. The average Bonchev–Trinajstić information content (AvgIpc) is 2.59. The lowest BCUT2D eigenvalue weighted by atomic mass is 10.7. The van der Waals surface area contributed by atoms with Crippen molar-refractivity contribution in [2.75, 3.05) is 38.8 Å². The number of amides is 2. The lowest BCUT2D eigenvalue weighted by molar-refractivity contribution is 0.129. The second-order valence-electron chi connectivity index (χ2n) is 4.06. The van der Waals surface area contributed by atoms with Gasteiger partial charge in [0.2, 0.25) is 0 Å². The van der Waals surface area contributed by atoms with E-state index in [2.05, 4.69) is 23.4 Å². The van der Waals surface area contributed by atoms with Crippen LogP contribution in [-0.4, -0.2) is 74.2 Å². The molecule has 0 saturated carbocycles. The average molecular weight is 374 g/mol. The Morgan fingerprint density at radius 1 is 0.917 bits per heavy atom.